The fourth-order valence-electron chi connectivity index (χ4n) is 1.69. The largest absolute Gasteiger partial charge is 0.447 e. The Morgan fingerprint density at radius 1 is 1.33 bits per heavy atom. The summed E-state index contributed by atoms with van der Waals surface area (Å²) in [6.45, 7) is 1.12. The molecule has 0 spiro atoms. The molecule has 0 aliphatic carbocycles. The van der Waals surface area contributed by atoms with Gasteiger partial charge in [-0.15, -0.1) is 0 Å². The first-order valence-electron chi connectivity index (χ1n) is 4.90. The average Bonchev–Trinajstić information content (AvgIpc) is 2.69. The van der Waals surface area contributed by atoms with Crippen LogP contribution in [-0.2, 0) is 17.8 Å². The molecule has 1 amide bonds. The van der Waals surface area contributed by atoms with E-state index < -0.39 is 0 Å². The number of aliphatic hydroxyl groups is 1. The van der Waals surface area contributed by atoms with Crippen LogP contribution in [0.5, 0.6) is 0 Å². The smallest absolute Gasteiger partial charge is 0.410 e. The van der Waals surface area contributed by atoms with Gasteiger partial charge in [0.25, 0.3) is 0 Å². The lowest BCUT2D eigenvalue weighted by Crippen LogP contribution is -2.27. The van der Waals surface area contributed by atoms with Crippen molar-refractivity contribution < 1.29 is 14.6 Å². The molecule has 2 rings (SSSR count). The molecule has 1 aromatic carbocycles. The van der Waals surface area contributed by atoms with Crippen LogP contribution in [0.4, 0.5) is 4.79 Å². The Kier molecular flexibility index (Phi) is 2.87. The van der Waals surface area contributed by atoms with E-state index in [0.717, 1.165) is 0 Å². The number of aliphatic hydroxyl groups excluding tert-OH is 1. The van der Waals surface area contributed by atoms with Crippen molar-refractivity contribution in [2.75, 3.05) is 13.2 Å². The van der Waals surface area contributed by atoms with E-state index in [9.17, 15) is 4.79 Å². The van der Waals surface area contributed by atoms with Gasteiger partial charge in [-0.1, -0.05) is 24.3 Å². The van der Waals surface area contributed by atoms with Crippen LogP contribution in [0.3, 0.4) is 0 Å². The van der Waals surface area contributed by atoms with E-state index in [1.165, 1.54) is 11.1 Å². The van der Waals surface area contributed by atoms with Crippen molar-refractivity contribution in [2.24, 2.45) is 0 Å². The predicted molar refractivity (Wildman–Crippen MR) is 54.1 cm³/mol. The quantitative estimate of drug-likeness (QED) is 0.790. The van der Waals surface area contributed by atoms with Gasteiger partial charge in [-0.25, -0.2) is 4.79 Å². The minimum absolute atomic E-state index is 0.0612. The molecule has 0 bridgehead atoms. The third-order valence-corrected chi connectivity index (χ3v) is 2.42. The van der Waals surface area contributed by atoms with Gasteiger partial charge in [0.05, 0.1) is 6.61 Å². The number of nitrogens with zero attached hydrogens (tertiary/aromatic N) is 1. The van der Waals surface area contributed by atoms with Crippen molar-refractivity contribution in [1.29, 1.82) is 0 Å². The highest BCUT2D eigenvalue weighted by Gasteiger charge is 2.23. The maximum absolute atomic E-state index is 11.5. The lowest BCUT2D eigenvalue weighted by atomic mass is 10.1. The molecule has 4 heteroatoms. The van der Waals surface area contributed by atoms with Crippen LogP contribution in [0.2, 0.25) is 0 Å². The highest BCUT2D eigenvalue weighted by atomic mass is 16.6. The molecular formula is C11H13NO3. The first-order chi connectivity index (χ1) is 7.31. The van der Waals surface area contributed by atoms with Crippen LogP contribution < -0.4 is 0 Å². The molecule has 1 aromatic rings. The molecule has 1 N–H and O–H groups in total. The zero-order valence-electron chi connectivity index (χ0n) is 8.35. The molecule has 80 valence electrons. The fourth-order valence-corrected chi connectivity index (χ4v) is 1.69. The summed E-state index contributed by atoms with van der Waals surface area (Å²) in [5.74, 6) is 0. The first-order valence-corrected chi connectivity index (χ1v) is 4.90. The molecule has 1 aliphatic rings. The average molecular weight is 207 g/mol. The number of rotatable bonds is 2. The van der Waals surface area contributed by atoms with Gasteiger partial charge >= 0.3 is 6.09 Å². The van der Waals surface area contributed by atoms with Gasteiger partial charge in [0.2, 0.25) is 0 Å². The molecule has 4 nitrogen and oxygen atoms in total. The number of fused-ring (bicyclic) bond motifs is 1. The Morgan fingerprint density at radius 3 is 2.47 bits per heavy atom. The van der Waals surface area contributed by atoms with Gasteiger partial charge in [-0.05, 0) is 11.1 Å². The van der Waals surface area contributed by atoms with E-state index in [-0.39, 0.29) is 19.3 Å². The molecule has 1 aliphatic heterocycles. The van der Waals surface area contributed by atoms with Gasteiger partial charge in [-0.3, -0.25) is 4.90 Å². The molecule has 0 unspecified atom stereocenters. The number of carbonyl (C=O) groups excluding carboxylic acids is 1. The molecule has 0 saturated carbocycles. The monoisotopic (exact) mass is 207 g/mol. The second-order valence-electron chi connectivity index (χ2n) is 3.46. The minimum Gasteiger partial charge on any atom is -0.447 e. The standard InChI is InChI=1S/C11H13NO3/c13-5-6-15-11(14)12-7-9-3-1-2-4-10(9)8-12/h1-4,13H,5-8H2. The zero-order chi connectivity index (χ0) is 10.7. The van der Waals surface area contributed by atoms with Gasteiger partial charge in [0.1, 0.15) is 6.61 Å². The summed E-state index contributed by atoms with van der Waals surface area (Å²) < 4.78 is 4.84. The van der Waals surface area contributed by atoms with Gasteiger partial charge < -0.3 is 9.84 Å². The summed E-state index contributed by atoms with van der Waals surface area (Å²) in [5, 5.41) is 8.54. The summed E-state index contributed by atoms with van der Waals surface area (Å²) >= 11 is 0. The van der Waals surface area contributed by atoms with Crippen LogP contribution in [-0.4, -0.2) is 29.3 Å². The summed E-state index contributed by atoms with van der Waals surface area (Å²) in [6.07, 6.45) is -0.361. The predicted octanol–water partition coefficient (Wildman–Crippen LogP) is 1.13. The second-order valence-corrected chi connectivity index (χ2v) is 3.46. The molecule has 0 saturated heterocycles. The lowest BCUT2D eigenvalue weighted by molar-refractivity contribution is 0.0835. The number of carbonyl (C=O) groups is 1. The maximum atomic E-state index is 11.5. The Labute approximate surface area is 88.1 Å². The second kappa shape index (κ2) is 4.31. The number of ether oxygens (including phenoxy) is 1. The molecule has 1 heterocycles. The molecule has 0 atom stereocenters. The highest BCUT2D eigenvalue weighted by molar-refractivity contribution is 5.68. The summed E-state index contributed by atoms with van der Waals surface area (Å²) in [6, 6.07) is 7.94. The number of hydrogen-bond acceptors (Lipinski definition) is 3. The first kappa shape index (κ1) is 9.98. The third kappa shape index (κ3) is 2.10. The van der Waals surface area contributed by atoms with Crippen LogP contribution in [0.15, 0.2) is 24.3 Å². The summed E-state index contributed by atoms with van der Waals surface area (Å²) in [4.78, 5) is 13.1. The van der Waals surface area contributed by atoms with Crippen molar-refractivity contribution in [3.63, 3.8) is 0 Å². The molecule has 0 aromatic heterocycles. The van der Waals surface area contributed by atoms with E-state index in [1.807, 2.05) is 24.3 Å². The topological polar surface area (TPSA) is 49.8 Å². The van der Waals surface area contributed by atoms with Crippen molar-refractivity contribution in [3.05, 3.63) is 35.4 Å². The lowest BCUT2D eigenvalue weighted by Gasteiger charge is -2.14. The van der Waals surface area contributed by atoms with Gasteiger partial charge in [0, 0.05) is 13.1 Å². The van der Waals surface area contributed by atoms with Crippen LogP contribution >= 0.6 is 0 Å². The fraction of sp³-hybridized carbons (Fsp3) is 0.364. The Bertz CT molecular complexity index is 340. The van der Waals surface area contributed by atoms with Gasteiger partial charge in [0.15, 0.2) is 0 Å². The van der Waals surface area contributed by atoms with E-state index in [0.29, 0.717) is 13.1 Å². The Hall–Kier alpha value is -1.55. The van der Waals surface area contributed by atoms with E-state index in [4.69, 9.17) is 9.84 Å². The van der Waals surface area contributed by atoms with Crippen LogP contribution in [0.25, 0.3) is 0 Å². The van der Waals surface area contributed by atoms with E-state index >= 15 is 0 Å². The third-order valence-electron chi connectivity index (χ3n) is 2.42. The molecular weight excluding hydrogens is 194 g/mol. The maximum Gasteiger partial charge on any atom is 0.410 e. The van der Waals surface area contributed by atoms with Crippen molar-refractivity contribution in [3.8, 4) is 0 Å². The zero-order valence-corrected chi connectivity index (χ0v) is 8.35. The molecule has 15 heavy (non-hydrogen) atoms. The van der Waals surface area contributed by atoms with Crippen LogP contribution in [0.1, 0.15) is 11.1 Å². The molecule has 0 radical (unpaired) electrons. The molecule has 0 fully saturated rings. The Morgan fingerprint density at radius 2 is 1.93 bits per heavy atom. The normalized spacial score (nSPS) is 13.8. The van der Waals surface area contributed by atoms with Crippen molar-refractivity contribution in [2.45, 2.75) is 13.1 Å². The van der Waals surface area contributed by atoms with E-state index in [1.54, 1.807) is 4.90 Å². The van der Waals surface area contributed by atoms with Gasteiger partial charge in [-0.2, -0.15) is 0 Å². The number of benzene rings is 1. The van der Waals surface area contributed by atoms with E-state index in [2.05, 4.69) is 0 Å². The number of hydrogen-bond donors (Lipinski definition) is 1. The Balaban J connectivity index is 1.98. The number of amides is 1. The van der Waals surface area contributed by atoms with Crippen LogP contribution in [0, 0.1) is 0 Å². The SMILES string of the molecule is O=C(OCCO)N1Cc2ccccc2C1. The van der Waals surface area contributed by atoms with Crippen molar-refractivity contribution in [1.82, 2.24) is 4.90 Å². The highest BCUT2D eigenvalue weighted by Crippen LogP contribution is 2.22. The summed E-state index contributed by atoms with van der Waals surface area (Å²) in [7, 11) is 0. The summed E-state index contributed by atoms with van der Waals surface area (Å²) in [5.41, 5.74) is 2.33. The van der Waals surface area contributed by atoms with Crippen molar-refractivity contribution >= 4 is 6.09 Å². The minimum atomic E-state index is -0.361.